The zero-order valence-electron chi connectivity index (χ0n) is 17.5. The van der Waals surface area contributed by atoms with Crippen molar-refractivity contribution in [1.82, 2.24) is 0 Å². The number of hydrogen-bond acceptors (Lipinski definition) is 5. The Bertz CT molecular complexity index is 887. The van der Waals surface area contributed by atoms with Crippen molar-refractivity contribution in [3.05, 3.63) is 45.8 Å². The van der Waals surface area contributed by atoms with Crippen LogP contribution in [0, 0.1) is 12.8 Å². The summed E-state index contributed by atoms with van der Waals surface area (Å²) in [6, 6.07) is 7.56. The molecule has 0 aliphatic heterocycles. The zero-order chi connectivity index (χ0) is 21.0. The molecule has 2 aromatic rings. The molecule has 1 aliphatic rings. The summed E-state index contributed by atoms with van der Waals surface area (Å²) in [5, 5.41) is 3.47. The van der Waals surface area contributed by atoms with Gasteiger partial charge >= 0.3 is 5.97 Å². The van der Waals surface area contributed by atoms with Crippen LogP contribution in [0.25, 0.3) is 0 Å². The molecule has 5 nitrogen and oxygen atoms in total. The Morgan fingerprint density at radius 3 is 2.79 bits per heavy atom. The van der Waals surface area contributed by atoms with E-state index >= 15 is 0 Å². The van der Waals surface area contributed by atoms with Gasteiger partial charge in [0.05, 0.1) is 11.7 Å². The number of ether oxygens (including phenoxy) is 2. The molecule has 0 bridgehead atoms. The van der Waals surface area contributed by atoms with E-state index in [1.165, 1.54) is 16.2 Å². The topological polar surface area (TPSA) is 64.6 Å². The lowest BCUT2D eigenvalue weighted by Gasteiger charge is -2.21. The number of amides is 1. The lowest BCUT2D eigenvalue weighted by molar-refractivity contribution is -0.118. The number of esters is 1. The first-order valence-corrected chi connectivity index (χ1v) is 11.0. The van der Waals surface area contributed by atoms with E-state index in [1.807, 2.05) is 45.0 Å². The highest BCUT2D eigenvalue weighted by Crippen LogP contribution is 2.41. The Hall–Kier alpha value is -2.34. The SMILES string of the molecule is CC[C@@H]1CCc2c(sc(NC(=O)COc3cccc(C)c3)c2C(=O)OC(C)C)C1. The molecule has 0 radical (unpaired) electrons. The molecule has 1 aromatic heterocycles. The lowest BCUT2D eigenvalue weighted by Crippen LogP contribution is -2.22. The Labute approximate surface area is 176 Å². The van der Waals surface area contributed by atoms with Crippen LogP contribution < -0.4 is 10.1 Å². The molecule has 1 atom stereocenters. The third-order valence-electron chi connectivity index (χ3n) is 5.10. The van der Waals surface area contributed by atoms with Gasteiger partial charge in [-0.1, -0.05) is 25.5 Å². The number of carbonyl (C=O) groups is 2. The van der Waals surface area contributed by atoms with E-state index in [2.05, 4.69) is 12.2 Å². The fourth-order valence-electron chi connectivity index (χ4n) is 3.60. The molecule has 0 fully saturated rings. The summed E-state index contributed by atoms with van der Waals surface area (Å²) in [5.74, 6) is 0.636. The smallest absolute Gasteiger partial charge is 0.341 e. The van der Waals surface area contributed by atoms with Gasteiger partial charge in [0.15, 0.2) is 6.61 Å². The van der Waals surface area contributed by atoms with Crippen LogP contribution in [-0.2, 0) is 22.4 Å². The predicted molar refractivity (Wildman–Crippen MR) is 116 cm³/mol. The summed E-state index contributed by atoms with van der Waals surface area (Å²) < 4.78 is 11.1. The minimum Gasteiger partial charge on any atom is -0.484 e. The summed E-state index contributed by atoms with van der Waals surface area (Å²) in [6.07, 6.45) is 3.77. The predicted octanol–water partition coefficient (Wildman–Crippen LogP) is 5.15. The van der Waals surface area contributed by atoms with Crippen molar-refractivity contribution in [3.8, 4) is 5.75 Å². The fraction of sp³-hybridized carbons (Fsp3) is 0.478. The van der Waals surface area contributed by atoms with E-state index in [9.17, 15) is 9.59 Å². The van der Waals surface area contributed by atoms with Crippen molar-refractivity contribution in [3.63, 3.8) is 0 Å². The third kappa shape index (κ3) is 5.38. The molecule has 29 heavy (non-hydrogen) atoms. The van der Waals surface area contributed by atoms with E-state index in [0.29, 0.717) is 22.2 Å². The molecule has 1 amide bonds. The molecule has 1 N–H and O–H groups in total. The molecule has 1 aromatic carbocycles. The standard InChI is InChI=1S/C23H29NO4S/c1-5-16-9-10-18-19(12-16)29-22(21(18)23(26)28-14(2)3)24-20(25)13-27-17-8-6-7-15(4)11-17/h6-8,11,14,16H,5,9-10,12-13H2,1-4H3,(H,24,25)/t16-/m1/s1. The number of rotatable bonds is 7. The number of anilines is 1. The van der Waals surface area contributed by atoms with Crippen LogP contribution in [0.4, 0.5) is 5.00 Å². The molecule has 0 spiro atoms. The molecule has 0 saturated carbocycles. The zero-order valence-corrected chi connectivity index (χ0v) is 18.4. The number of nitrogens with one attached hydrogen (secondary N) is 1. The number of thiophene rings is 1. The van der Waals surface area contributed by atoms with Gasteiger partial charge in [0.25, 0.3) is 5.91 Å². The summed E-state index contributed by atoms with van der Waals surface area (Å²) in [6.45, 7) is 7.72. The van der Waals surface area contributed by atoms with Crippen LogP contribution in [0.2, 0.25) is 0 Å². The maximum Gasteiger partial charge on any atom is 0.341 e. The molecular weight excluding hydrogens is 386 g/mol. The van der Waals surface area contributed by atoms with Crippen LogP contribution in [0.15, 0.2) is 24.3 Å². The maximum absolute atomic E-state index is 12.8. The van der Waals surface area contributed by atoms with Crippen LogP contribution in [0.3, 0.4) is 0 Å². The summed E-state index contributed by atoms with van der Waals surface area (Å²) >= 11 is 1.50. The van der Waals surface area contributed by atoms with Crippen LogP contribution in [0.1, 0.15) is 60.0 Å². The molecule has 3 rings (SSSR count). The minimum atomic E-state index is -0.359. The first-order valence-electron chi connectivity index (χ1n) is 10.2. The summed E-state index contributed by atoms with van der Waals surface area (Å²) in [5.41, 5.74) is 2.63. The summed E-state index contributed by atoms with van der Waals surface area (Å²) in [7, 11) is 0. The van der Waals surface area contributed by atoms with Crippen molar-refractivity contribution >= 4 is 28.2 Å². The monoisotopic (exact) mass is 415 g/mol. The maximum atomic E-state index is 12.8. The van der Waals surface area contributed by atoms with Crippen LogP contribution >= 0.6 is 11.3 Å². The Morgan fingerprint density at radius 1 is 1.31 bits per heavy atom. The van der Waals surface area contributed by atoms with Crippen LogP contribution in [0.5, 0.6) is 5.75 Å². The number of aryl methyl sites for hydroxylation is 1. The molecular formula is C23H29NO4S. The highest BCUT2D eigenvalue weighted by atomic mass is 32.1. The van der Waals surface area contributed by atoms with Gasteiger partial charge in [0, 0.05) is 4.88 Å². The van der Waals surface area contributed by atoms with Crippen molar-refractivity contribution in [2.45, 2.75) is 59.5 Å². The first-order chi connectivity index (χ1) is 13.9. The quantitative estimate of drug-likeness (QED) is 0.635. The van der Waals surface area contributed by atoms with Gasteiger partial charge in [0.1, 0.15) is 10.8 Å². The van der Waals surface area contributed by atoms with Gasteiger partial charge in [-0.05, 0) is 69.2 Å². The van der Waals surface area contributed by atoms with Gasteiger partial charge in [-0.15, -0.1) is 11.3 Å². The third-order valence-corrected chi connectivity index (χ3v) is 6.27. The molecule has 0 saturated heterocycles. The molecule has 156 valence electrons. The molecule has 1 aliphatic carbocycles. The highest BCUT2D eigenvalue weighted by Gasteiger charge is 2.30. The molecule has 6 heteroatoms. The van der Waals surface area contributed by atoms with Gasteiger partial charge in [-0.2, -0.15) is 0 Å². The minimum absolute atomic E-state index is 0.109. The van der Waals surface area contributed by atoms with Crippen LogP contribution in [-0.4, -0.2) is 24.6 Å². The van der Waals surface area contributed by atoms with E-state index in [4.69, 9.17) is 9.47 Å². The second kappa shape index (κ2) is 9.44. The average Bonchev–Trinajstić information content (AvgIpc) is 3.02. The molecule has 1 heterocycles. The number of benzene rings is 1. The van der Waals surface area contributed by atoms with Gasteiger partial charge in [-0.3, -0.25) is 4.79 Å². The number of carbonyl (C=O) groups excluding carboxylic acids is 2. The van der Waals surface area contributed by atoms with Crippen molar-refractivity contribution in [2.75, 3.05) is 11.9 Å². The Kier molecular flexibility index (Phi) is 6.96. The summed E-state index contributed by atoms with van der Waals surface area (Å²) in [4.78, 5) is 26.5. The highest BCUT2D eigenvalue weighted by molar-refractivity contribution is 7.17. The van der Waals surface area contributed by atoms with Crippen molar-refractivity contribution < 1.29 is 19.1 Å². The van der Waals surface area contributed by atoms with E-state index in [1.54, 1.807) is 0 Å². The van der Waals surface area contributed by atoms with Gasteiger partial charge in [-0.25, -0.2) is 4.79 Å². The normalized spacial score (nSPS) is 15.7. The first kappa shape index (κ1) is 21.4. The van der Waals surface area contributed by atoms with Gasteiger partial charge < -0.3 is 14.8 Å². The largest absolute Gasteiger partial charge is 0.484 e. The fourth-order valence-corrected chi connectivity index (χ4v) is 4.96. The van der Waals surface area contributed by atoms with Crippen molar-refractivity contribution in [2.24, 2.45) is 5.92 Å². The van der Waals surface area contributed by atoms with E-state index in [0.717, 1.165) is 36.8 Å². The molecule has 0 unspecified atom stereocenters. The second-order valence-corrected chi connectivity index (χ2v) is 8.94. The Balaban J connectivity index is 1.77. The average molecular weight is 416 g/mol. The lowest BCUT2D eigenvalue weighted by atomic mass is 9.85. The van der Waals surface area contributed by atoms with E-state index < -0.39 is 0 Å². The van der Waals surface area contributed by atoms with Crippen molar-refractivity contribution in [1.29, 1.82) is 0 Å². The second-order valence-electron chi connectivity index (χ2n) is 7.83. The van der Waals surface area contributed by atoms with Gasteiger partial charge in [0.2, 0.25) is 0 Å². The van der Waals surface area contributed by atoms with E-state index in [-0.39, 0.29) is 24.6 Å². The number of hydrogen-bond donors (Lipinski definition) is 1. The Morgan fingerprint density at radius 2 is 2.10 bits per heavy atom. The number of fused-ring (bicyclic) bond motifs is 1.